The summed E-state index contributed by atoms with van der Waals surface area (Å²) in [7, 11) is 1.50. The van der Waals surface area contributed by atoms with Gasteiger partial charge >= 0.3 is 0 Å². The topological polar surface area (TPSA) is 90.8 Å². The number of halogens is 1. The minimum Gasteiger partial charge on any atom is -0.410 e. The summed E-state index contributed by atoms with van der Waals surface area (Å²) >= 11 is 3.36. The normalized spacial score (nSPS) is 11.1. The second-order valence-corrected chi connectivity index (χ2v) is 6.01. The predicted octanol–water partition coefficient (Wildman–Crippen LogP) is 3.30. The van der Waals surface area contributed by atoms with Gasteiger partial charge < -0.3 is 15.8 Å². The molecule has 0 atom stereocenters. The first kappa shape index (κ1) is 19.2. The van der Waals surface area contributed by atoms with Crippen LogP contribution in [0.1, 0.15) is 38.5 Å². The van der Waals surface area contributed by atoms with Gasteiger partial charge in [-0.1, -0.05) is 40.0 Å². The second-order valence-electron chi connectivity index (χ2n) is 5.10. The average Bonchev–Trinajstić information content (AvgIpc) is 2.53. The molecule has 0 aliphatic heterocycles. The maximum absolute atomic E-state index is 11.8. The van der Waals surface area contributed by atoms with E-state index in [1.165, 1.54) is 7.05 Å². The molecule has 1 aromatic carbocycles. The highest BCUT2D eigenvalue weighted by Gasteiger charge is 2.09. The number of carbonyl (C=O) groups is 2. The molecule has 0 fully saturated rings. The lowest BCUT2D eigenvalue weighted by atomic mass is 10.1. The summed E-state index contributed by atoms with van der Waals surface area (Å²) < 4.78 is 0.924. The predicted molar refractivity (Wildman–Crippen MR) is 93.8 cm³/mol. The highest BCUT2D eigenvalue weighted by molar-refractivity contribution is 9.10. The molecule has 7 heteroatoms. The lowest BCUT2D eigenvalue weighted by Crippen LogP contribution is -2.27. The van der Waals surface area contributed by atoms with E-state index in [4.69, 9.17) is 5.21 Å². The standard InChI is InChI=1S/C16H22BrN3O3/c1-18-16(22)14(20-23)9-4-2-3-5-10-15(21)19-13-8-6-7-12(17)11-13/h6-8,11,23H,2-5,9-10H2,1H3,(H,18,22)(H,19,21)/b20-14-. The number of hydrogen-bond donors (Lipinski definition) is 3. The van der Waals surface area contributed by atoms with E-state index < -0.39 is 0 Å². The molecule has 0 spiro atoms. The number of benzene rings is 1. The van der Waals surface area contributed by atoms with Gasteiger partial charge in [0.1, 0.15) is 5.71 Å². The molecule has 0 radical (unpaired) electrons. The van der Waals surface area contributed by atoms with Crippen LogP contribution in [0.5, 0.6) is 0 Å². The molecule has 2 amide bonds. The molecule has 1 aromatic rings. The molecule has 0 aliphatic rings. The van der Waals surface area contributed by atoms with Gasteiger partial charge in [0.05, 0.1) is 0 Å². The lowest BCUT2D eigenvalue weighted by Gasteiger charge is -2.06. The summed E-state index contributed by atoms with van der Waals surface area (Å²) in [6, 6.07) is 7.47. The van der Waals surface area contributed by atoms with Gasteiger partial charge in [0.15, 0.2) is 0 Å². The number of amides is 2. The van der Waals surface area contributed by atoms with Crippen molar-refractivity contribution in [1.29, 1.82) is 0 Å². The van der Waals surface area contributed by atoms with Crippen molar-refractivity contribution in [3.63, 3.8) is 0 Å². The van der Waals surface area contributed by atoms with E-state index in [0.29, 0.717) is 12.8 Å². The van der Waals surface area contributed by atoms with Crippen molar-refractivity contribution >= 4 is 39.1 Å². The molecule has 0 bridgehead atoms. The molecule has 0 heterocycles. The third kappa shape index (κ3) is 7.78. The van der Waals surface area contributed by atoms with Gasteiger partial charge in [-0.15, -0.1) is 0 Å². The molecule has 0 saturated heterocycles. The number of oxime groups is 1. The van der Waals surface area contributed by atoms with Crippen LogP contribution in [0.15, 0.2) is 33.9 Å². The summed E-state index contributed by atoms with van der Waals surface area (Å²) in [6.07, 6.45) is 4.19. The molecule has 3 N–H and O–H groups in total. The number of unbranched alkanes of at least 4 members (excludes halogenated alkanes) is 3. The van der Waals surface area contributed by atoms with E-state index in [0.717, 1.165) is 35.8 Å². The highest BCUT2D eigenvalue weighted by Crippen LogP contribution is 2.16. The van der Waals surface area contributed by atoms with Crippen LogP contribution >= 0.6 is 15.9 Å². The van der Waals surface area contributed by atoms with Crippen molar-refractivity contribution < 1.29 is 14.8 Å². The summed E-state index contributed by atoms with van der Waals surface area (Å²) in [5.74, 6) is -0.369. The smallest absolute Gasteiger partial charge is 0.268 e. The van der Waals surface area contributed by atoms with Crippen molar-refractivity contribution in [2.45, 2.75) is 38.5 Å². The van der Waals surface area contributed by atoms with Crippen LogP contribution in [0.3, 0.4) is 0 Å². The van der Waals surface area contributed by atoms with Gasteiger partial charge in [0.2, 0.25) is 5.91 Å². The molecule has 23 heavy (non-hydrogen) atoms. The summed E-state index contributed by atoms with van der Waals surface area (Å²) in [4.78, 5) is 23.1. The number of hydrogen-bond acceptors (Lipinski definition) is 4. The molecule has 1 rings (SSSR count). The molecule has 0 saturated carbocycles. The zero-order valence-corrected chi connectivity index (χ0v) is 14.7. The van der Waals surface area contributed by atoms with E-state index in [9.17, 15) is 9.59 Å². The SMILES string of the molecule is CNC(=O)/C(CCCCCCC(=O)Nc1cccc(Br)c1)=N\O. The molecule has 126 valence electrons. The number of nitrogens with one attached hydrogen (secondary N) is 2. The minimum absolute atomic E-state index is 0.00827. The van der Waals surface area contributed by atoms with E-state index in [2.05, 4.69) is 31.7 Å². The van der Waals surface area contributed by atoms with Gasteiger partial charge in [0, 0.05) is 23.6 Å². The van der Waals surface area contributed by atoms with Gasteiger partial charge in [0.25, 0.3) is 5.91 Å². The van der Waals surface area contributed by atoms with E-state index >= 15 is 0 Å². The van der Waals surface area contributed by atoms with Crippen molar-refractivity contribution in [2.75, 3.05) is 12.4 Å². The Kier molecular flexibility index (Phi) is 8.97. The van der Waals surface area contributed by atoms with Gasteiger partial charge in [-0.05, 0) is 37.5 Å². The maximum Gasteiger partial charge on any atom is 0.268 e. The van der Waals surface area contributed by atoms with Crippen molar-refractivity contribution in [3.8, 4) is 0 Å². The third-order valence-corrected chi connectivity index (χ3v) is 3.78. The Bertz CT molecular complexity index is 561. The first-order chi connectivity index (χ1) is 11.1. The Morgan fingerprint density at radius 3 is 2.48 bits per heavy atom. The van der Waals surface area contributed by atoms with Crippen LogP contribution in [-0.2, 0) is 9.59 Å². The molecule has 0 unspecified atom stereocenters. The highest BCUT2D eigenvalue weighted by atomic mass is 79.9. The fraction of sp³-hybridized carbons (Fsp3) is 0.438. The van der Waals surface area contributed by atoms with Crippen LogP contribution in [0.25, 0.3) is 0 Å². The van der Waals surface area contributed by atoms with Crippen molar-refractivity contribution in [1.82, 2.24) is 5.32 Å². The first-order valence-electron chi connectivity index (χ1n) is 7.55. The second kappa shape index (κ2) is 10.8. The molecule has 0 aliphatic carbocycles. The third-order valence-electron chi connectivity index (χ3n) is 3.29. The average molecular weight is 384 g/mol. The Labute approximate surface area is 144 Å². The molecular weight excluding hydrogens is 362 g/mol. The minimum atomic E-state index is -0.360. The van der Waals surface area contributed by atoms with Crippen LogP contribution in [0, 0.1) is 0 Å². The number of nitrogens with zero attached hydrogens (tertiary/aromatic N) is 1. The van der Waals surface area contributed by atoms with E-state index in [1.54, 1.807) is 0 Å². The van der Waals surface area contributed by atoms with Crippen molar-refractivity contribution in [3.05, 3.63) is 28.7 Å². The summed E-state index contributed by atoms with van der Waals surface area (Å²) in [6.45, 7) is 0. The lowest BCUT2D eigenvalue weighted by molar-refractivity contribution is -0.116. The molecule has 0 aromatic heterocycles. The molecule has 6 nitrogen and oxygen atoms in total. The number of anilines is 1. The van der Waals surface area contributed by atoms with Crippen LogP contribution in [-0.4, -0.2) is 29.8 Å². The number of rotatable bonds is 9. The Hall–Kier alpha value is -1.89. The zero-order valence-electron chi connectivity index (χ0n) is 13.1. The Balaban J connectivity index is 2.15. The summed E-state index contributed by atoms with van der Waals surface area (Å²) in [5.41, 5.74) is 0.915. The van der Waals surface area contributed by atoms with E-state index in [1.807, 2.05) is 24.3 Å². The van der Waals surface area contributed by atoms with E-state index in [-0.39, 0.29) is 17.5 Å². The zero-order chi connectivity index (χ0) is 17.1. The van der Waals surface area contributed by atoms with Crippen LogP contribution in [0.4, 0.5) is 5.69 Å². The van der Waals surface area contributed by atoms with Gasteiger partial charge in [-0.3, -0.25) is 9.59 Å². The monoisotopic (exact) mass is 383 g/mol. The van der Waals surface area contributed by atoms with Crippen LogP contribution in [0.2, 0.25) is 0 Å². The Morgan fingerprint density at radius 2 is 1.87 bits per heavy atom. The van der Waals surface area contributed by atoms with Gasteiger partial charge in [-0.2, -0.15) is 0 Å². The molecular formula is C16H22BrN3O3. The van der Waals surface area contributed by atoms with Crippen molar-refractivity contribution in [2.24, 2.45) is 5.16 Å². The fourth-order valence-electron chi connectivity index (χ4n) is 2.07. The van der Waals surface area contributed by atoms with Gasteiger partial charge in [-0.25, -0.2) is 0 Å². The fourth-order valence-corrected chi connectivity index (χ4v) is 2.47. The maximum atomic E-state index is 11.8. The quantitative estimate of drug-likeness (QED) is 0.264. The number of carbonyl (C=O) groups excluding carboxylic acids is 2. The van der Waals surface area contributed by atoms with Crippen LogP contribution < -0.4 is 10.6 Å². The first-order valence-corrected chi connectivity index (χ1v) is 8.34. The largest absolute Gasteiger partial charge is 0.410 e. The summed E-state index contributed by atoms with van der Waals surface area (Å²) in [5, 5.41) is 17.0. The Morgan fingerprint density at radius 1 is 1.17 bits per heavy atom.